The molecule has 1 radical (unpaired) electrons. The third-order valence-corrected chi connectivity index (χ3v) is 4.85. The molecule has 1 aromatic rings. The number of hydrogen-bond donors (Lipinski definition) is 0. The molecule has 0 aromatic heterocycles. The predicted molar refractivity (Wildman–Crippen MR) is 70.8 cm³/mol. The second-order valence-corrected chi connectivity index (χ2v) is 5.36. The molecule has 0 atom stereocenters. The molecule has 55 valence electrons. The Morgan fingerprint density at radius 1 is 1.00 bits per heavy atom. The Morgan fingerprint density at radius 3 is 2.09 bits per heavy atom. The van der Waals surface area contributed by atoms with Gasteiger partial charge in [0.2, 0.25) is 0 Å². The molecule has 3 heteroatoms. The summed E-state index contributed by atoms with van der Waals surface area (Å²) in [6.07, 6.45) is 6.99. The molecule has 0 spiro atoms. The van der Waals surface area contributed by atoms with Crippen LogP contribution >= 0.6 is 67.8 Å². The van der Waals surface area contributed by atoms with E-state index >= 15 is 0 Å². The third kappa shape index (κ3) is 2.45. The molecule has 0 aliphatic rings. The van der Waals surface area contributed by atoms with Gasteiger partial charge >= 0.3 is 0 Å². The summed E-state index contributed by atoms with van der Waals surface area (Å²) in [5.74, 6) is 2.40. The Labute approximate surface area is 107 Å². The van der Waals surface area contributed by atoms with Crippen LogP contribution in [0.1, 0.15) is 5.56 Å². The van der Waals surface area contributed by atoms with Crippen LogP contribution in [0, 0.1) is 23.1 Å². The van der Waals surface area contributed by atoms with Crippen molar-refractivity contribution in [2.24, 2.45) is 0 Å². The molecule has 0 saturated carbocycles. The lowest BCUT2D eigenvalue weighted by molar-refractivity contribution is 1.50. The van der Waals surface area contributed by atoms with Gasteiger partial charge in [-0.25, -0.2) is 0 Å². The van der Waals surface area contributed by atoms with E-state index in [-0.39, 0.29) is 0 Å². The van der Waals surface area contributed by atoms with E-state index in [1.165, 1.54) is 7.14 Å². The third-order valence-electron chi connectivity index (χ3n) is 1.14. The highest BCUT2D eigenvalue weighted by molar-refractivity contribution is 14.1. The average molecular weight is 479 g/mol. The molecule has 11 heavy (non-hydrogen) atoms. The minimum Gasteiger partial charge on any atom is -0.0517 e. The molecule has 0 unspecified atom stereocenters. The maximum atomic E-state index is 6.99. The summed E-state index contributed by atoms with van der Waals surface area (Å²) in [4.78, 5) is 0. The van der Waals surface area contributed by atoms with Crippen LogP contribution in [0.2, 0.25) is 0 Å². The van der Waals surface area contributed by atoms with Crippen molar-refractivity contribution in [1.29, 1.82) is 0 Å². The van der Waals surface area contributed by atoms with Crippen molar-refractivity contribution in [2.75, 3.05) is 0 Å². The van der Waals surface area contributed by atoms with Crippen LogP contribution in [0.3, 0.4) is 0 Å². The van der Waals surface area contributed by atoms with Crippen molar-refractivity contribution in [2.45, 2.75) is 0 Å². The fourth-order valence-corrected chi connectivity index (χ4v) is 2.75. The van der Waals surface area contributed by atoms with E-state index < -0.39 is 0 Å². The fourth-order valence-electron chi connectivity index (χ4n) is 0.618. The first-order chi connectivity index (χ1) is 5.15. The quantitative estimate of drug-likeness (QED) is 0.304. The maximum Gasteiger partial charge on any atom is 0.0400 e. The van der Waals surface area contributed by atoms with Crippen LogP contribution in [0.4, 0.5) is 0 Å². The van der Waals surface area contributed by atoms with Gasteiger partial charge in [0, 0.05) is 16.3 Å². The van der Waals surface area contributed by atoms with Crippen LogP contribution in [-0.2, 0) is 0 Å². The molecule has 0 fully saturated rings. The monoisotopic (exact) mass is 479 g/mol. The van der Waals surface area contributed by atoms with Crippen LogP contribution in [0.5, 0.6) is 0 Å². The lowest BCUT2D eigenvalue weighted by Gasteiger charge is -1.99. The summed E-state index contributed by atoms with van der Waals surface area (Å²) in [5.41, 5.74) is 0.871. The number of benzene rings is 1. The average Bonchev–Trinajstić information content (AvgIpc) is 1.97. The van der Waals surface area contributed by atoms with E-state index in [2.05, 4.69) is 79.8 Å². The lowest BCUT2D eigenvalue weighted by Crippen LogP contribution is -1.86. The van der Waals surface area contributed by atoms with Gasteiger partial charge in [0.05, 0.1) is 0 Å². The highest BCUT2D eigenvalue weighted by Gasteiger charge is 2.01. The number of hydrogen-bond acceptors (Lipinski definition) is 0. The Kier molecular flexibility index (Phi) is 3.91. The molecule has 0 heterocycles. The van der Waals surface area contributed by atoms with Gasteiger partial charge in [-0.3, -0.25) is 0 Å². The van der Waals surface area contributed by atoms with Gasteiger partial charge in [-0.2, -0.15) is 0 Å². The zero-order valence-electron chi connectivity index (χ0n) is 5.29. The first-order valence-corrected chi connectivity index (χ1v) is 5.96. The molecule has 0 saturated heterocycles. The Morgan fingerprint density at radius 2 is 1.55 bits per heavy atom. The Balaban J connectivity index is 3.35. The molecule has 0 N–H and O–H groups in total. The number of halogens is 3. The zero-order chi connectivity index (χ0) is 8.43. The minimum absolute atomic E-state index is 0.871. The van der Waals surface area contributed by atoms with Crippen molar-refractivity contribution >= 4 is 67.8 Å². The van der Waals surface area contributed by atoms with Gasteiger partial charge in [0.15, 0.2) is 0 Å². The van der Waals surface area contributed by atoms with Gasteiger partial charge in [-0.1, -0.05) is 5.92 Å². The predicted octanol–water partition coefficient (Wildman–Crippen LogP) is 3.44. The van der Waals surface area contributed by atoms with Gasteiger partial charge < -0.3 is 0 Å². The summed E-state index contributed by atoms with van der Waals surface area (Å²) in [6, 6.07) is 4.02. The van der Waals surface area contributed by atoms with E-state index in [1.54, 1.807) is 0 Å². The van der Waals surface area contributed by atoms with E-state index in [0.29, 0.717) is 0 Å². The van der Waals surface area contributed by atoms with Crippen molar-refractivity contribution in [3.05, 3.63) is 34.8 Å². The van der Waals surface area contributed by atoms with Crippen LogP contribution in [0.25, 0.3) is 0 Å². The molecule has 0 aliphatic carbocycles. The van der Waals surface area contributed by atoms with Gasteiger partial charge in [0.25, 0.3) is 0 Å². The van der Waals surface area contributed by atoms with Crippen LogP contribution < -0.4 is 0 Å². The van der Waals surface area contributed by atoms with Crippen molar-refractivity contribution < 1.29 is 0 Å². The first kappa shape index (κ1) is 10.1. The van der Waals surface area contributed by atoms with Crippen molar-refractivity contribution in [3.8, 4) is 5.92 Å². The Hall–Kier alpha value is 0.970. The minimum atomic E-state index is 0.871. The van der Waals surface area contributed by atoms with E-state index in [0.717, 1.165) is 9.13 Å². The summed E-state index contributed by atoms with van der Waals surface area (Å²) in [7, 11) is 0. The normalized spacial score (nSPS) is 9.27. The molecule has 0 amide bonds. The van der Waals surface area contributed by atoms with Gasteiger partial charge in [-0.15, -0.1) is 0 Å². The Bertz CT molecular complexity index is 323. The highest BCUT2D eigenvalue weighted by Crippen LogP contribution is 2.21. The zero-order valence-corrected chi connectivity index (χ0v) is 11.8. The summed E-state index contributed by atoms with van der Waals surface area (Å²) in [6.45, 7) is 0. The molecule has 0 nitrogen and oxygen atoms in total. The fraction of sp³-hybridized carbons (Fsp3) is 0. The number of rotatable bonds is 0. The van der Waals surface area contributed by atoms with E-state index in [9.17, 15) is 0 Å². The highest BCUT2D eigenvalue weighted by atomic mass is 127. The van der Waals surface area contributed by atoms with Crippen molar-refractivity contribution in [3.63, 3.8) is 0 Å². The molecular weight excluding hydrogens is 477 g/mol. The second kappa shape index (κ2) is 4.28. The largest absolute Gasteiger partial charge is 0.0517 e. The SMILES string of the molecule is [C]#Cc1cc(I)c(I)cc1I. The summed E-state index contributed by atoms with van der Waals surface area (Å²) < 4.78 is 3.49. The van der Waals surface area contributed by atoms with Crippen LogP contribution in [0.15, 0.2) is 12.1 Å². The standard InChI is InChI=1S/C8H2I3/c1-2-5-3-7(10)8(11)4-6(5)9/h3-4H. The molecule has 1 rings (SSSR count). The second-order valence-electron chi connectivity index (χ2n) is 1.87. The summed E-state index contributed by atoms with van der Waals surface area (Å²) in [5, 5.41) is 0. The molecule has 0 aliphatic heterocycles. The maximum absolute atomic E-state index is 6.99. The lowest BCUT2D eigenvalue weighted by atomic mass is 10.2. The van der Waals surface area contributed by atoms with Gasteiger partial charge in [0.1, 0.15) is 0 Å². The van der Waals surface area contributed by atoms with E-state index in [1.807, 2.05) is 6.07 Å². The smallest absolute Gasteiger partial charge is 0.0400 e. The topological polar surface area (TPSA) is 0 Å². The molecule has 0 bridgehead atoms. The van der Waals surface area contributed by atoms with Crippen LogP contribution in [-0.4, -0.2) is 0 Å². The molecular formula is C8H2I3. The van der Waals surface area contributed by atoms with Crippen molar-refractivity contribution in [1.82, 2.24) is 0 Å². The van der Waals surface area contributed by atoms with E-state index in [4.69, 9.17) is 6.42 Å². The first-order valence-electron chi connectivity index (χ1n) is 2.72. The molecule has 1 aromatic carbocycles. The summed E-state index contributed by atoms with van der Waals surface area (Å²) >= 11 is 6.75. The van der Waals surface area contributed by atoms with Gasteiger partial charge in [-0.05, 0) is 86.3 Å².